The molecule has 0 radical (unpaired) electrons. The van der Waals surface area contributed by atoms with Crippen LogP contribution in [-0.4, -0.2) is 0 Å². The number of rotatable bonds is 4. The fraction of sp³-hybridized carbons (Fsp3) is 0.143. The number of anilines is 1. The number of hydrogen-bond acceptors (Lipinski definition) is 2. The van der Waals surface area contributed by atoms with Crippen molar-refractivity contribution in [2.45, 2.75) is 13.1 Å². The molecule has 0 atom stereocenters. The Morgan fingerprint density at radius 3 is 1.76 bits per heavy atom. The van der Waals surface area contributed by atoms with Crippen molar-refractivity contribution >= 4 is 5.69 Å². The highest BCUT2D eigenvalue weighted by molar-refractivity contribution is 5.52. The van der Waals surface area contributed by atoms with Crippen molar-refractivity contribution in [2.24, 2.45) is 5.73 Å². The van der Waals surface area contributed by atoms with Crippen molar-refractivity contribution < 1.29 is 22.0 Å². The molecule has 0 aliphatic carbocycles. The van der Waals surface area contributed by atoms with E-state index in [1.54, 1.807) is 0 Å². The van der Waals surface area contributed by atoms with Crippen molar-refractivity contribution in [1.82, 2.24) is 0 Å². The second-order valence-electron chi connectivity index (χ2n) is 4.32. The molecule has 0 unspecified atom stereocenters. The van der Waals surface area contributed by atoms with Gasteiger partial charge in [-0.1, -0.05) is 0 Å². The van der Waals surface area contributed by atoms with E-state index in [1.165, 1.54) is 0 Å². The van der Waals surface area contributed by atoms with Gasteiger partial charge < -0.3 is 11.1 Å². The van der Waals surface area contributed by atoms with Gasteiger partial charge in [-0.25, -0.2) is 22.0 Å². The highest BCUT2D eigenvalue weighted by Crippen LogP contribution is 2.23. The monoisotopic (exact) mass is 302 g/mol. The van der Waals surface area contributed by atoms with Crippen LogP contribution in [0.3, 0.4) is 0 Å². The molecule has 21 heavy (non-hydrogen) atoms. The third-order valence-electron chi connectivity index (χ3n) is 2.93. The summed E-state index contributed by atoms with van der Waals surface area (Å²) in [7, 11) is 0. The maximum Gasteiger partial charge on any atom is 0.134 e. The molecule has 0 spiro atoms. The molecular weight excluding hydrogens is 291 g/mol. The van der Waals surface area contributed by atoms with Gasteiger partial charge in [0.15, 0.2) is 0 Å². The molecule has 0 amide bonds. The number of hydrogen-bond donors (Lipinski definition) is 2. The molecular formula is C14H11F5N2. The molecule has 2 aromatic rings. The Labute approximate surface area is 117 Å². The summed E-state index contributed by atoms with van der Waals surface area (Å²) in [6.45, 7) is -0.628. The summed E-state index contributed by atoms with van der Waals surface area (Å²) >= 11 is 0. The zero-order valence-corrected chi connectivity index (χ0v) is 10.7. The first kappa shape index (κ1) is 15.2. The quantitative estimate of drug-likeness (QED) is 0.849. The Balaban J connectivity index is 2.29. The minimum absolute atomic E-state index is 0.0145. The van der Waals surface area contributed by atoms with Gasteiger partial charge in [0.25, 0.3) is 0 Å². The van der Waals surface area contributed by atoms with Gasteiger partial charge in [-0.3, -0.25) is 0 Å². The number of benzene rings is 2. The summed E-state index contributed by atoms with van der Waals surface area (Å²) in [4.78, 5) is 0. The van der Waals surface area contributed by atoms with Gasteiger partial charge in [-0.2, -0.15) is 0 Å². The molecule has 0 heterocycles. The average molecular weight is 302 g/mol. The van der Waals surface area contributed by atoms with Crippen LogP contribution >= 0.6 is 0 Å². The molecule has 3 N–H and O–H groups in total. The molecule has 0 aliphatic heterocycles. The maximum absolute atomic E-state index is 13.5. The van der Waals surface area contributed by atoms with Crippen molar-refractivity contribution in [3.8, 4) is 0 Å². The molecule has 0 saturated carbocycles. The molecule has 2 nitrogen and oxygen atoms in total. The molecule has 0 aromatic heterocycles. The van der Waals surface area contributed by atoms with Crippen molar-refractivity contribution in [1.29, 1.82) is 0 Å². The normalized spacial score (nSPS) is 10.8. The molecule has 2 rings (SSSR count). The maximum atomic E-state index is 13.5. The summed E-state index contributed by atoms with van der Waals surface area (Å²) in [6, 6.07) is 2.67. The average Bonchev–Trinajstić information content (AvgIpc) is 2.36. The summed E-state index contributed by atoms with van der Waals surface area (Å²) in [5.74, 6) is -4.95. The lowest BCUT2D eigenvalue weighted by Crippen LogP contribution is -2.10. The zero-order valence-electron chi connectivity index (χ0n) is 10.7. The molecule has 0 saturated heterocycles. The largest absolute Gasteiger partial charge is 0.380 e. The molecule has 7 heteroatoms. The number of halogens is 5. The van der Waals surface area contributed by atoms with Gasteiger partial charge in [0, 0.05) is 48.1 Å². The lowest BCUT2D eigenvalue weighted by Gasteiger charge is -2.13. The minimum Gasteiger partial charge on any atom is -0.380 e. The topological polar surface area (TPSA) is 38.0 Å². The van der Waals surface area contributed by atoms with E-state index in [0.29, 0.717) is 18.2 Å². The highest BCUT2D eigenvalue weighted by Gasteiger charge is 2.14. The van der Waals surface area contributed by atoms with E-state index in [1.807, 2.05) is 0 Å². The summed E-state index contributed by atoms with van der Waals surface area (Å²) in [5, 5.41) is 2.50. The van der Waals surface area contributed by atoms with Gasteiger partial charge in [0.1, 0.15) is 29.1 Å². The Hall–Kier alpha value is -2.15. The van der Waals surface area contributed by atoms with E-state index in [4.69, 9.17) is 5.73 Å². The molecule has 2 aromatic carbocycles. The van der Waals surface area contributed by atoms with E-state index in [0.717, 1.165) is 6.07 Å². The summed E-state index contributed by atoms with van der Waals surface area (Å²) < 4.78 is 66.4. The van der Waals surface area contributed by atoms with Gasteiger partial charge in [-0.15, -0.1) is 0 Å². The van der Waals surface area contributed by atoms with Crippen LogP contribution in [-0.2, 0) is 13.1 Å². The number of nitrogens with one attached hydrogen (secondary N) is 1. The summed E-state index contributed by atoms with van der Waals surface area (Å²) in [5.41, 5.74) is 4.88. The molecule has 0 aliphatic rings. The highest BCUT2D eigenvalue weighted by atomic mass is 19.2. The Bertz CT molecular complexity index is 650. The van der Waals surface area contributed by atoms with E-state index in [9.17, 15) is 22.0 Å². The van der Waals surface area contributed by atoms with Crippen LogP contribution in [0.5, 0.6) is 0 Å². The fourth-order valence-electron chi connectivity index (χ4n) is 1.89. The van der Waals surface area contributed by atoms with Gasteiger partial charge in [-0.05, 0) is 6.07 Å². The predicted molar refractivity (Wildman–Crippen MR) is 67.9 cm³/mol. The Kier molecular flexibility index (Phi) is 4.42. The van der Waals surface area contributed by atoms with Crippen LogP contribution in [0.1, 0.15) is 11.1 Å². The van der Waals surface area contributed by atoms with Gasteiger partial charge in [0.05, 0.1) is 0 Å². The van der Waals surface area contributed by atoms with Crippen LogP contribution in [0.4, 0.5) is 27.6 Å². The lowest BCUT2D eigenvalue weighted by atomic mass is 10.1. The minimum atomic E-state index is -1.09. The molecule has 112 valence electrons. The van der Waals surface area contributed by atoms with Crippen LogP contribution in [0.2, 0.25) is 0 Å². The van der Waals surface area contributed by atoms with E-state index >= 15 is 0 Å². The number of nitrogens with two attached hydrogens (primary N) is 1. The van der Waals surface area contributed by atoms with Crippen molar-refractivity contribution in [3.05, 3.63) is 64.5 Å². The van der Waals surface area contributed by atoms with E-state index < -0.39 is 41.2 Å². The third-order valence-corrected chi connectivity index (χ3v) is 2.93. The molecule has 0 fully saturated rings. The fourth-order valence-corrected chi connectivity index (χ4v) is 1.89. The van der Waals surface area contributed by atoms with Crippen molar-refractivity contribution in [3.63, 3.8) is 0 Å². The SMILES string of the molecule is NCc1c(F)cc(F)cc1NCc1c(F)cc(F)cc1F. The summed E-state index contributed by atoms with van der Waals surface area (Å²) in [6.07, 6.45) is 0. The van der Waals surface area contributed by atoms with Crippen LogP contribution < -0.4 is 11.1 Å². The van der Waals surface area contributed by atoms with Gasteiger partial charge >= 0.3 is 0 Å². The molecule has 0 bridgehead atoms. The lowest BCUT2D eigenvalue weighted by molar-refractivity contribution is 0.526. The second kappa shape index (κ2) is 6.09. The Morgan fingerprint density at radius 1 is 0.762 bits per heavy atom. The Morgan fingerprint density at radius 2 is 1.24 bits per heavy atom. The van der Waals surface area contributed by atoms with Gasteiger partial charge in [0.2, 0.25) is 0 Å². The van der Waals surface area contributed by atoms with Crippen molar-refractivity contribution in [2.75, 3.05) is 5.32 Å². The first-order valence-corrected chi connectivity index (χ1v) is 5.97. The van der Waals surface area contributed by atoms with Crippen LogP contribution in [0, 0.1) is 29.1 Å². The van der Waals surface area contributed by atoms with E-state index in [-0.39, 0.29) is 17.8 Å². The van der Waals surface area contributed by atoms with E-state index in [2.05, 4.69) is 5.32 Å². The third kappa shape index (κ3) is 3.30. The first-order valence-electron chi connectivity index (χ1n) is 5.97. The first-order chi connectivity index (χ1) is 9.92. The predicted octanol–water partition coefficient (Wildman–Crippen LogP) is 3.45. The van der Waals surface area contributed by atoms with Crippen LogP contribution in [0.25, 0.3) is 0 Å². The zero-order chi connectivity index (χ0) is 15.6. The smallest absolute Gasteiger partial charge is 0.134 e. The van der Waals surface area contributed by atoms with Crippen LogP contribution in [0.15, 0.2) is 24.3 Å². The standard InChI is InChI=1S/C14H11F5N2/c15-7-1-12(18)10(13(19)2-7)6-21-14-4-8(16)3-11(17)9(14)5-20/h1-4,21H,5-6,20H2. The second-order valence-corrected chi connectivity index (χ2v) is 4.32.